The van der Waals surface area contributed by atoms with Gasteiger partial charge >= 0.3 is 0 Å². The van der Waals surface area contributed by atoms with Crippen LogP contribution in [0, 0.1) is 35.0 Å². The van der Waals surface area contributed by atoms with Gasteiger partial charge in [-0.25, -0.2) is 4.98 Å². The number of benzene rings is 1. The summed E-state index contributed by atoms with van der Waals surface area (Å²) < 4.78 is 13.0. The minimum absolute atomic E-state index is 0.141. The predicted molar refractivity (Wildman–Crippen MR) is 138 cm³/mol. The minimum Gasteiger partial charge on any atom is -0.441 e. The predicted octanol–water partition coefficient (Wildman–Crippen LogP) is 4.13. The minimum atomic E-state index is -1.02. The third-order valence-corrected chi connectivity index (χ3v) is 10.7. The van der Waals surface area contributed by atoms with Gasteiger partial charge in [-0.2, -0.15) is 5.26 Å². The Hall–Kier alpha value is -2.50. The van der Waals surface area contributed by atoms with E-state index < -0.39 is 28.8 Å². The molecule has 2 bridgehead atoms. The van der Waals surface area contributed by atoms with Crippen molar-refractivity contribution >= 4 is 16.7 Å². The summed E-state index contributed by atoms with van der Waals surface area (Å²) in [7, 11) is 3.88. The molecule has 7 heteroatoms. The molecule has 3 aliphatic carbocycles. The molecular formula is C30H35N3O4. The molecule has 3 heterocycles. The molecule has 1 saturated heterocycles. The number of nitriles is 1. The lowest BCUT2D eigenvalue weighted by molar-refractivity contribution is -0.223. The van der Waals surface area contributed by atoms with E-state index in [1.54, 1.807) is 0 Å². The van der Waals surface area contributed by atoms with Gasteiger partial charge in [-0.1, -0.05) is 25.1 Å². The standard InChI is InChI=1S/C30H35N3O4/c1-17-32-21-13-18(5-7-23(21)36-17)19-6-8-24-27(19,2)9-10-28(16-31)14-20-25(34)26(35)22(33(3)4)15-29(20)11-12-30(24,28)37-29/h5-7,13-14,22,24-26,34-35H,8-12,15H2,1-4H3/t22-,24?,25+,26+,27+,28?,29+,30-/m0/s1. The number of rotatable bonds is 2. The first kappa shape index (κ1) is 23.6. The number of likely N-dealkylation sites (N-methyl/N-ethyl adjacent to an activating group) is 1. The highest BCUT2D eigenvalue weighted by Gasteiger charge is 2.74. The molecule has 1 aromatic heterocycles. The van der Waals surface area contributed by atoms with E-state index in [1.165, 1.54) is 5.57 Å². The molecule has 5 aliphatic rings. The van der Waals surface area contributed by atoms with Gasteiger partial charge in [0.15, 0.2) is 11.5 Å². The van der Waals surface area contributed by atoms with Gasteiger partial charge in [0.05, 0.1) is 23.4 Å². The zero-order chi connectivity index (χ0) is 26.0. The summed E-state index contributed by atoms with van der Waals surface area (Å²) in [5.41, 5.74) is 2.67. The molecule has 194 valence electrons. The summed E-state index contributed by atoms with van der Waals surface area (Å²) in [6.07, 6.45) is 7.03. The second-order valence-corrected chi connectivity index (χ2v) is 12.6. The maximum absolute atomic E-state index is 11.3. The van der Waals surface area contributed by atoms with Gasteiger partial charge in [0.1, 0.15) is 17.0 Å². The van der Waals surface area contributed by atoms with Crippen molar-refractivity contribution in [2.75, 3.05) is 14.1 Å². The van der Waals surface area contributed by atoms with E-state index in [-0.39, 0.29) is 17.4 Å². The monoisotopic (exact) mass is 501 g/mol. The van der Waals surface area contributed by atoms with Gasteiger partial charge in [-0.3, -0.25) is 0 Å². The first-order chi connectivity index (χ1) is 17.6. The van der Waals surface area contributed by atoms with Gasteiger partial charge in [0.2, 0.25) is 0 Å². The number of ether oxygens (including phenoxy) is 1. The summed E-state index contributed by atoms with van der Waals surface area (Å²) in [6.45, 7) is 4.22. The van der Waals surface area contributed by atoms with E-state index in [2.05, 4.69) is 36.2 Å². The Morgan fingerprint density at radius 3 is 2.73 bits per heavy atom. The molecule has 0 amide bonds. The smallest absolute Gasteiger partial charge is 0.192 e. The van der Waals surface area contributed by atoms with E-state index in [0.29, 0.717) is 18.7 Å². The average molecular weight is 502 g/mol. The molecule has 2 N–H and O–H groups in total. The van der Waals surface area contributed by atoms with Crippen LogP contribution in [0.4, 0.5) is 0 Å². The lowest BCUT2D eigenvalue weighted by atomic mass is 9.49. The largest absolute Gasteiger partial charge is 0.441 e. The van der Waals surface area contributed by atoms with Crippen LogP contribution in [0.3, 0.4) is 0 Å². The number of nitrogens with zero attached hydrogens (tertiary/aromatic N) is 3. The molecule has 37 heavy (non-hydrogen) atoms. The van der Waals surface area contributed by atoms with Crippen LogP contribution in [-0.4, -0.2) is 63.6 Å². The Balaban J connectivity index is 1.32. The van der Waals surface area contributed by atoms with E-state index >= 15 is 0 Å². The maximum Gasteiger partial charge on any atom is 0.192 e. The SMILES string of the molecule is Cc1nc2cc(C3=CCC4[C@@]56CC[C@]7(C[C@H](N(C)C)[C@@H](O)[C@H](O)C7=CC5(C#N)CC[C@]34C)O6)ccc2o1. The summed E-state index contributed by atoms with van der Waals surface area (Å²) in [6, 6.07) is 8.76. The van der Waals surface area contributed by atoms with Gasteiger partial charge in [0, 0.05) is 18.9 Å². The second-order valence-electron chi connectivity index (χ2n) is 12.6. The summed E-state index contributed by atoms with van der Waals surface area (Å²) in [4.78, 5) is 6.55. The topological polar surface area (TPSA) is 103 Å². The Morgan fingerprint density at radius 2 is 1.97 bits per heavy atom. The van der Waals surface area contributed by atoms with E-state index in [9.17, 15) is 15.5 Å². The normalized spacial score (nSPS) is 44.2. The molecule has 2 spiro atoms. The molecule has 2 aliphatic heterocycles. The number of oxazole rings is 1. The third kappa shape index (κ3) is 2.77. The molecule has 7 rings (SSSR count). The van der Waals surface area contributed by atoms with Crippen molar-refractivity contribution in [1.29, 1.82) is 5.26 Å². The van der Waals surface area contributed by atoms with Crippen LogP contribution in [0.1, 0.15) is 56.9 Å². The average Bonchev–Trinajstić information content (AvgIpc) is 3.52. The van der Waals surface area contributed by atoms with Crippen molar-refractivity contribution in [3.63, 3.8) is 0 Å². The van der Waals surface area contributed by atoms with Crippen molar-refractivity contribution in [2.24, 2.45) is 16.7 Å². The Labute approximate surface area is 217 Å². The van der Waals surface area contributed by atoms with Crippen LogP contribution in [-0.2, 0) is 4.74 Å². The van der Waals surface area contributed by atoms with Crippen LogP contribution >= 0.6 is 0 Å². The summed E-state index contributed by atoms with van der Waals surface area (Å²) in [5.74, 6) is 0.814. The molecular weight excluding hydrogens is 466 g/mol. The number of allylic oxidation sites excluding steroid dienone is 2. The van der Waals surface area contributed by atoms with Crippen LogP contribution in [0.5, 0.6) is 0 Å². The van der Waals surface area contributed by atoms with E-state index in [1.807, 2.05) is 38.1 Å². The maximum atomic E-state index is 11.3. The molecule has 7 nitrogen and oxygen atoms in total. The zero-order valence-electron chi connectivity index (χ0n) is 22.0. The number of hydrogen-bond donors (Lipinski definition) is 2. The molecule has 3 fully saturated rings. The number of aryl methyl sites for hydroxylation is 1. The molecule has 2 saturated carbocycles. The number of hydrogen-bond acceptors (Lipinski definition) is 7. The van der Waals surface area contributed by atoms with Gasteiger partial charge < -0.3 is 24.3 Å². The van der Waals surface area contributed by atoms with Crippen LogP contribution in [0.25, 0.3) is 16.7 Å². The molecule has 8 atom stereocenters. The lowest BCUT2D eigenvalue weighted by Crippen LogP contribution is -2.66. The third-order valence-electron chi connectivity index (χ3n) is 10.7. The van der Waals surface area contributed by atoms with E-state index in [0.717, 1.165) is 47.9 Å². The second kappa shape index (κ2) is 7.33. The van der Waals surface area contributed by atoms with E-state index in [4.69, 9.17) is 9.15 Å². The quantitative estimate of drug-likeness (QED) is 0.597. The van der Waals surface area contributed by atoms with Crippen LogP contribution < -0.4 is 0 Å². The first-order valence-electron chi connectivity index (χ1n) is 13.5. The van der Waals surface area contributed by atoms with Crippen LogP contribution in [0.2, 0.25) is 0 Å². The van der Waals surface area contributed by atoms with Gasteiger partial charge in [0.25, 0.3) is 0 Å². The van der Waals surface area contributed by atoms with Crippen molar-refractivity contribution in [3.05, 3.63) is 47.4 Å². The highest BCUT2D eigenvalue weighted by molar-refractivity contribution is 5.82. The fourth-order valence-electron chi connectivity index (χ4n) is 8.90. The highest BCUT2D eigenvalue weighted by atomic mass is 16.5. The van der Waals surface area contributed by atoms with Crippen LogP contribution in [0.15, 0.2) is 40.3 Å². The van der Waals surface area contributed by atoms with Crippen molar-refractivity contribution in [1.82, 2.24) is 9.88 Å². The number of aliphatic hydroxyl groups is 2. The zero-order valence-corrected chi connectivity index (χ0v) is 22.0. The molecule has 1 aromatic carbocycles. The molecule has 2 unspecified atom stereocenters. The van der Waals surface area contributed by atoms with Gasteiger partial charge in [-0.05, 0) is 86.9 Å². The van der Waals surface area contributed by atoms with Crippen molar-refractivity contribution in [3.8, 4) is 6.07 Å². The number of fused-ring (bicyclic) bond motifs is 2. The Kier molecular flexibility index (Phi) is 4.67. The lowest BCUT2D eigenvalue weighted by Gasteiger charge is -2.61. The highest BCUT2D eigenvalue weighted by Crippen LogP contribution is 2.72. The molecule has 0 radical (unpaired) electrons. The number of aromatic nitrogens is 1. The summed E-state index contributed by atoms with van der Waals surface area (Å²) in [5, 5.41) is 32.9. The van der Waals surface area contributed by atoms with Crippen molar-refractivity contribution in [2.45, 2.75) is 81.8 Å². The Morgan fingerprint density at radius 1 is 1.16 bits per heavy atom. The first-order valence-corrected chi connectivity index (χ1v) is 13.5. The number of aliphatic hydroxyl groups excluding tert-OH is 2. The Bertz CT molecular complexity index is 1420. The fraction of sp³-hybridized carbons (Fsp3) is 0.600. The summed E-state index contributed by atoms with van der Waals surface area (Å²) >= 11 is 0. The molecule has 2 aromatic rings. The van der Waals surface area contributed by atoms with Crippen molar-refractivity contribution < 1.29 is 19.4 Å². The van der Waals surface area contributed by atoms with Gasteiger partial charge in [-0.15, -0.1) is 0 Å². The fourth-order valence-corrected chi connectivity index (χ4v) is 8.90.